The molecule has 1 amide bonds. The van der Waals surface area contributed by atoms with Crippen LogP contribution in [0.1, 0.15) is 85.0 Å². The van der Waals surface area contributed by atoms with Gasteiger partial charge in [0.15, 0.2) is 0 Å². The molecule has 1 atom stereocenters. The summed E-state index contributed by atoms with van der Waals surface area (Å²) in [5.41, 5.74) is 0. The van der Waals surface area contributed by atoms with Gasteiger partial charge in [0.05, 0.1) is 6.61 Å². The van der Waals surface area contributed by atoms with Gasteiger partial charge >= 0.3 is 0 Å². The zero-order chi connectivity index (χ0) is 15.9. The van der Waals surface area contributed by atoms with Gasteiger partial charge < -0.3 is 10.0 Å². The lowest BCUT2D eigenvalue weighted by molar-refractivity contribution is -0.132. The molecule has 0 saturated carbocycles. The molecule has 0 aliphatic rings. The molecule has 126 valence electrons. The van der Waals surface area contributed by atoms with Crippen LogP contribution in [0.2, 0.25) is 0 Å². The van der Waals surface area contributed by atoms with Crippen molar-refractivity contribution >= 4 is 5.91 Å². The van der Waals surface area contributed by atoms with Crippen LogP contribution < -0.4 is 0 Å². The molecular weight excluding hydrogens is 262 g/mol. The molecule has 0 rings (SSSR count). The van der Waals surface area contributed by atoms with Crippen molar-refractivity contribution in [1.82, 2.24) is 4.90 Å². The smallest absolute Gasteiger partial charge is 0.222 e. The van der Waals surface area contributed by atoms with E-state index in [0.29, 0.717) is 18.9 Å². The fourth-order valence-corrected chi connectivity index (χ4v) is 2.71. The van der Waals surface area contributed by atoms with Crippen molar-refractivity contribution in [3.63, 3.8) is 0 Å². The van der Waals surface area contributed by atoms with Crippen molar-refractivity contribution in [2.24, 2.45) is 5.92 Å². The highest BCUT2D eigenvalue weighted by atomic mass is 16.3. The predicted octanol–water partition coefficient (Wildman–Crippen LogP) is 4.38. The molecule has 0 heterocycles. The maximum Gasteiger partial charge on any atom is 0.222 e. The third-order valence-corrected chi connectivity index (χ3v) is 4.24. The lowest BCUT2D eigenvalue weighted by Gasteiger charge is -2.27. The maximum absolute atomic E-state index is 12.3. The third-order valence-electron chi connectivity index (χ3n) is 4.24. The van der Waals surface area contributed by atoms with Crippen molar-refractivity contribution in [2.75, 3.05) is 19.7 Å². The van der Waals surface area contributed by atoms with Gasteiger partial charge in [-0.2, -0.15) is 0 Å². The summed E-state index contributed by atoms with van der Waals surface area (Å²) in [4.78, 5) is 14.2. The molecule has 0 aliphatic carbocycles. The van der Waals surface area contributed by atoms with Crippen molar-refractivity contribution in [1.29, 1.82) is 0 Å². The third kappa shape index (κ3) is 10.8. The zero-order valence-electron chi connectivity index (χ0n) is 14.6. The van der Waals surface area contributed by atoms with Gasteiger partial charge in [-0.25, -0.2) is 0 Å². The van der Waals surface area contributed by atoms with E-state index in [1.165, 1.54) is 38.5 Å². The zero-order valence-corrected chi connectivity index (χ0v) is 14.6. The fraction of sp³-hybridized carbons (Fsp3) is 0.944. The number of carbonyl (C=O) groups is 1. The molecule has 0 aliphatic heterocycles. The minimum absolute atomic E-state index is 0.0752. The number of hydrogen-bond donors (Lipinski definition) is 1. The average Bonchev–Trinajstić information content (AvgIpc) is 2.50. The van der Waals surface area contributed by atoms with E-state index in [0.717, 1.165) is 25.8 Å². The number of carbonyl (C=O) groups excluding carboxylic acids is 1. The summed E-state index contributed by atoms with van der Waals surface area (Å²) < 4.78 is 0. The summed E-state index contributed by atoms with van der Waals surface area (Å²) in [5, 5.41) is 9.19. The first-order valence-electron chi connectivity index (χ1n) is 9.08. The molecule has 0 aromatic heterocycles. The van der Waals surface area contributed by atoms with Crippen LogP contribution in [0.5, 0.6) is 0 Å². The van der Waals surface area contributed by atoms with E-state index in [1.807, 2.05) is 4.90 Å². The molecule has 0 aromatic carbocycles. The number of aliphatic hydroxyl groups excluding tert-OH is 1. The van der Waals surface area contributed by atoms with Crippen LogP contribution in [0.15, 0.2) is 0 Å². The lowest BCUT2D eigenvalue weighted by Crippen LogP contribution is -2.37. The Morgan fingerprint density at radius 2 is 1.67 bits per heavy atom. The minimum atomic E-state index is 0.0752. The first-order valence-corrected chi connectivity index (χ1v) is 9.08. The Morgan fingerprint density at radius 3 is 2.24 bits per heavy atom. The Balaban J connectivity index is 4.14. The standard InChI is InChI=1S/C18H37NO2/c1-4-7-9-10-11-13-18(21)19(14-15-20)16-17(6-3)12-8-5-2/h17,20H,4-16H2,1-3H3. The van der Waals surface area contributed by atoms with Crippen LogP contribution in [-0.2, 0) is 4.79 Å². The summed E-state index contributed by atoms with van der Waals surface area (Å²) in [5.74, 6) is 0.816. The second-order valence-electron chi connectivity index (χ2n) is 6.14. The van der Waals surface area contributed by atoms with E-state index in [2.05, 4.69) is 20.8 Å². The van der Waals surface area contributed by atoms with Crippen molar-refractivity contribution < 1.29 is 9.90 Å². The van der Waals surface area contributed by atoms with Gasteiger partial charge in [0, 0.05) is 19.5 Å². The van der Waals surface area contributed by atoms with Gasteiger partial charge in [-0.3, -0.25) is 4.79 Å². The van der Waals surface area contributed by atoms with Crippen LogP contribution in [0.4, 0.5) is 0 Å². The van der Waals surface area contributed by atoms with Crippen LogP contribution in [-0.4, -0.2) is 35.6 Å². The molecule has 0 aromatic rings. The highest BCUT2D eigenvalue weighted by Gasteiger charge is 2.17. The first-order chi connectivity index (χ1) is 10.2. The Bertz CT molecular complexity index is 243. The fourth-order valence-electron chi connectivity index (χ4n) is 2.71. The Morgan fingerprint density at radius 1 is 1.00 bits per heavy atom. The minimum Gasteiger partial charge on any atom is -0.395 e. The summed E-state index contributed by atoms with van der Waals surface area (Å²) in [6.45, 7) is 8.01. The first kappa shape index (κ1) is 20.4. The highest BCUT2D eigenvalue weighted by molar-refractivity contribution is 5.76. The number of hydrogen-bond acceptors (Lipinski definition) is 2. The average molecular weight is 299 g/mol. The Labute approximate surface area is 132 Å². The lowest BCUT2D eigenvalue weighted by atomic mass is 9.98. The molecule has 0 radical (unpaired) electrons. The Hall–Kier alpha value is -0.570. The molecule has 0 bridgehead atoms. The van der Waals surface area contributed by atoms with Gasteiger partial charge in [0.1, 0.15) is 0 Å². The number of rotatable bonds is 14. The molecular formula is C18H37NO2. The number of unbranched alkanes of at least 4 members (excludes halogenated alkanes) is 5. The molecule has 3 nitrogen and oxygen atoms in total. The second kappa shape index (κ2) is 14.4. The van der Waals surface area contributed by atoms with Gasteiger partial charge in [0.25, 0.3) is 0 Å². The van der Waals surface area contributed by atoms with E-state index in [4.69, 9.17) is 0 Å². The maximum atomic E-state index is 12.3. The SMILES string of the molecule is CCCCCCCC(=O)N(CCO)CC(CC)CCCC. The van der Waals surface area contributed by atoms with E-state index < -0.39 is 0 Å². The van der Waals surface area contributed by atoms with E-state index >= 15 is 0 Å². The van der Waals surface area contributed by atoms with Gasteiger partial charge in [-0.1, -0.05) is 65.7 Å². The van der Waals surface area contributed by atoms with E-state index in [-0.39, 0.29) is 12.5 Å². The molecule has 0 spiro atoms. The predicted molar refractivity (Wildman–Crippen MR) is 90.3 cm³/mol. The van der Waals surface area contributed by atoms with Gasteiger partial charge in [0.2, 0.25) is 5.91 Å². The normalized spacial score (nSPS) is 12.4. The number of amides is 1. The Kier molecular flexibility index (Phi) is 14.0. The topological polar surface area (TPSA) is 40.5 Å². The monoisotopic (exact) mass is 299 g/mol. The largest absolute Gasteiger partial charge is 0.395 e. The summed E-state index contributed by atoms with van der Waals surface area (Å²) >= 11 is 0. The summed E-state index contributed by atoms with van der Waals surface area (Å²) in [6, 6.07) is 0. The molecule has 0 saturated heterocycles. The van der Waals surface area contributed by atoms with Crippen LogP contribution in [0, 0.1) is 5.92 Å². The molecule has 21 heavy (non-hydrogen) atoms. The second-order valence-corrected chi connectivity index (χ2v) is 6.14. The van der Waals surface area contributed by atoms with Crippen LogP contribution in [0.3, 0.4) is 0 Å². The van der Waals surface area contributed by atoms with Crippen molar-refractivity contribution in [3.8, 4) is 0 Å². The molecule has 1 N–H and O–H groups in total. The quantitative estimate of drug-likeness (QED) is 0.483. The number of nitrogens with zero attached hydrogens (tertiary/aromatic N) is 1. The summed E-state index contributed by atoms with van der Waals surface area (Å²) in [6.07, 6.45) is 11.3. The van der Waals surface area contributed by atoms with Crippen molar-refractivity contribution in [3.05, 3.63) is 0 Å². The van der Waals surface area contributed by atoms with Crippen molar-refractivity contribution in [2.45, 2.75) is 85.0 Å². The number of aliphatic hydroxyl groups is 1. The van der Waals surface area contributed by atoms with E-state index in [9.17, 15) is 9.90 Å². The van der Waals surface area contributed by atoms with Gasteiger partial charge in [-0.05, 0) is 18.8 Å². The van der Waals surface area contributed by atoms with Gasteiger partial charge in [-0.15, -0.1) is 0 Å². The van der Waals surface area contributed by atoms with Crippen LogP contribution >= 0.6 is 0 Å². The highest BCUT2D eigenvalue weighted by Crippen LogP contribution is 2.15. The van der Waals surface area contributed by atoms with Crippen LogP contribution in [0.25, 0.3) is 0 Å². The molecule has 0 fully saturated rings. The molecule has 1 unspecified atom stereocenters. The summed E-state index contributed by atoms with van der Waals surface area (Å²) in [7, 11) is 0. The van der Waals surface area contributed by atoms with E-state index in [1.54, 1.807) is 0 Å². The molecule has 3 heteroatoms.